The molecular weight excluding hydrogens is 188 g/mol. The molecule has 0 aromatic carbocycles. The van der Waals surface area contributed by atoms with Gasteiger partial charge in [-0.2, -0.15) is 0 Å². The Morgan fingerprint density at radius 3 is 2.47 bits per heavy atom. The molecule has 2 heteroatoms. The average Bonchev–Trinajstić information content (AvgIpc) is 2.92. The molecule has 2 rings (SSSR count). The van der Waals surface area contributed by atoms with Crippen molar-refractivity contribution in [2.75, 3.05) is 19.8 Å². The maximum Gasteiger partial charge on any atom is 0.0911 e. The molecular formula is C13H22O2. The molecule has 15 heavy (non-hydrogen) atoms. The quantitative estimate of drug-likeness (QED) is 0.651. The van der Waals surface area contributed by atoms with Gasteiger partial charge in [0.1, 0.15) is 0 Å². The van der Waals surface area contributed by atoms with E-state index in [0.717, 1.165) is 32.7 Å². The Balaban J connectivity index is 0.000000151. The van der Waals surface area contributed by atoms with Gasteiger partial charge in [0.15, 0.2) is 0 Å². The zero-order valence-electron chi connectivity index (χ0n) is 10.1. The van der Waals surface area contributed by atoms with Crippen molar-refractivity contribution in [3.8, 4) is 0 Å². The first-order valence-corrected chi connectivity index (χ1v) is 5.80. The van der Waals surface area contributed by atoms with Crippen molar-refractivity contribution in [3.63, 3.8) is 0 Å². The number of ether oxygens (including phenoxy) is 2. The predicted octanol–water partition coefficient (Wildman–Crippen LogP) is 3.30. The van der Waals surface area contributed by atoms with Crippen molar-refractivity contribution in [2.24, 2.45) is 5.92 Å². The minimum absolute atomic E-state index is 0.678. The minimum Gasteiger partial charge on any atom is -0.501 e. The van der Waals surface area contributed by atoms with Gasteiger partial charge in [-0.1, -0.05) is 26.8 Å². The molecule has 2 heterocycles. The molecule has 0 fully saturated rings. The lowest BCUT2D eigenvalue weighted by Gasteiger charge is -1.99. The van der Waals surface area contributed by atoms with E-state index in [1.807, 2.05) is 6.26 Å². The topological polar surface area (TPSA) is 18.5 Å². The fourth-order valence-corrected chi connectivity index (χ4v) is 1.50. The lowest BCUT2D eigenvalue weighted by atomic mass is 10.0. The SMILES string of the molecule is CC(C)C1=COCC1.CCC1=CCOC1. The van der Waals surface area contributed by atoms with Crippen molar-refractivity contribution < 1.29 is 9.47 Å². The summed E-state index contributed by atoms with van der Waals surface area (Å²) in [5.74, 6) is 0.678. The van der Waals surface area contributed by atoms with E-state index in [-0.39, 0.29) is 0 Å². The first-order valence-electron chi connectivity index (χ1n) is 5.80. The lowest BCUT2D eigenvalue weighted by molar-refractivity contribution is 0.207. The van der Waals surface area contributed by atoms with Crippen molar-refractivity contribution in [1.29, 1.82) is 0 Å². The maximum absolute atomic E-state index is 5.06. The predicted molar refractivity (Wildman–Crippen MR) is 62.7 cm³/mol. The molecule has 0 N–H and O–H groups in total. The van der Waals surface area contributed by atoms with Gasteiger partial charge in [0.25, 0.3) is 0 Å². The molecule has 0 saturated heterocycles. The Morgan fingerprint density at radius 2 is 2.20 bits per heavy atom. The number of hydrogen-bond acceptors (Lipinski definition) is 2. The number of hydrogen-bond donors (Lipinski definition) is 0. The van der Waals surface area contributed by atoms with Crippen LogP contribution in [-0.2, 0) is 9.47 Å². The molecule has 0 saturated carbocycles. The van der Waals surface area contributed by atoms with E-state index in [1.165, 1.54) is 11.1 Å². The fraction of sp³-hybridized carbons (Fsp3) is 0.692. The summed E-state index contributed by atoms with van der Waals surface area (Å²) in [6.45, 7) is 9.15. The van der Waals surface area contributed by atoms with Crippen LogP contribution in [0, 0.1) is 5.92 Å². The summed E-state index contributed by atoms with van der Waals surface area (Å²) < 4.78 is 10.1. The second-order valence-corrected chi connectivity index (χ2v) is 4.20. The average molecular weight is 210 g/mol. The molecule has 2 nitrogen and oxygen atoms in total. The molecule has 0 amide bonds. The van der Waals surface area contributed by atoms with E-state index in [1.54, 1.807) is 0 Å². The van der Waals surface area contributed by atoms with Gasteiger partial charge >= 0.3 is 0 Å². The van der Waals surface area contributed by atoms with E-state index in [2.05, 4.69) is 26.8 Å². The molecule has 0 unspecified atom stereocenters. The second kappa shape index (κ2) is 6.67. The molecule has 0 radical (unpaired) electrons. The standard InChI is InChI=1S/C7H12O.C6H10O/c1-6(2)7-3-4-8-5-7;1-2-6-3-4-7-5-6/h5-6H,3-4H2,1-2H3;3H,2,4-5H2,1H3. The Kier molecular flexibility index (Phi) is 5.48. The third-order valence-corrected chi connectivity index (χ3v) is 2.72. The highest BCUT2D eigenvalue weighted by atomic mass is 16.5. The van der Waals surface area contributed by atoms with Gasteiger partial charge in [0.05, 0.1) is 26.1 Å². The van der Waals surface area contributed by atoms with Gasteiger partial charge in [0, 0.05) is 6.42 Å². The van der Waals surface area contributed by atoms with Gasteiger partial charge in [-0.25, -0.2) is 0 Å². The molecule has 0 atom stereocenters. The van der Waals surface area contributed by atoms with Crippen molar-refractivity contribution >= 4 is 0 Å². The van der Waals surface area contributed by atoms with Crippen molar-refractivity contribution in [1.82, 2.24) is 0 Å². The van der Waals surface area contributed by atoms with E-state index in [4.69, 9.17) is 9.47 Å². The summed E-state index contributed by atoms with van der Waals surface area (Å²) in [4.78, 5) is 0. The highest BCUT2D eigenvalue weighted by Crippen LogP contribution is 2.18. The fourth-order valence-electron chi connectivity index (χ4n) is 1.50. The Hall–Kier alpha value is -0.760. The van der Waals surface area contributed by atoms with Gasteiger partial charge < -0.3 is 9.47 Å². The van der Waals surface area contributed by atoms with E-state index < -0.39 is 0 Å². The molecule has 0 aromatic heterocycles. The summed E-state index contributed by atoms with van der Waals surface area (Å²) >= 11 is 0. The second-order valence-electron chi connectivity index (χ2n) is 4.20. The van der Waals surface area contributed by atoms with Crippen LogP contribution in [0.3, 0.4) is 0 Å². The van der Waals surface area contributed by atoms with E-state index in [0.29, 0.717) is 5.92 Å². The Bertz CT molecular complexity index is 239. The lowest BCUT2D eigenvalue weighted by Crippen LogP contribution is -1.89. The minimum atomic E-state index is 0.678. The Morgan fingerprint density at radius 1 is 1.40 bits per heavy atom. The van der Waals surface area contributed by atoms with Crippen LogP contribution in [0.15, 0.2) is 23.5 Å². The first kappa shape index (κ1) is 12.3. The van der Waals surface area contributed by atoms with Crippen LogP contribution in [0.4, 0.5) is 0 Å². The van der Waals surface area contributed by atoms with E-state index in [9.17, 15) is 0 Å². The molecule has 0 aromatic rings. The zero-order valence-corrected chi connectivity index (χ0v) is 10.1. The van der Waals surface area contributed by atoms with Crippen LogP contribution in [-0.4, -0.2) is 19.8 Å². The van der Waals surface area contributed by atoms with Crippen molar-refractivity contribution in [2.45, 2.75) is 33.6 Å². The van der Waals surface area contributed by atoms with Crippen LogP contribution in [0.5, 0.6) is 0 Å². The zero-order chi connectivity index (χ0) is 11.1. The van der Waals surface area contributed by atoms with Crippen LogP contribution < -0.4 is 0 Å². The van der Waals surface area contributed by atoms with Gasteiger partial charge in [-0.3, -0.25) is 0 Å². The van der Waals surface area contributed by atoms with Crippen LogP contribution in [0.2, 0.25) is 0 Å². The highest BCUT2D eigenvalue weighted by molar-refractivity contribution is 5.05. The highest BCUT2D eigenvalue weighted by Gasteiger charge is 2.07. The molecule has 0 spiro atoms. The third kappa shape index (κ3) is 4.52. The largest absolute Gasteiger partial charge is 0.501 e. The summed E-state index contributed by atoms with van der Waals surface area (Å²) in [5, 5.41) is 0. The summed E-state index contributed by atoms with van der Waals surface area (Å²) in [5.41, 5.74) is 2.89. The van der Waals surface area contributed by atoms with Gasteiger partial charge in [-0.05, 0) is 23.5 Å². The monoisotopic (exact) mass is 210 g/mol. The number of rotatable bonds is 2. The smallest absolute Gasteiger partial charge is 0.0911 e. The van der Waals surface area contributed by atoms with E-state index >= 15 is 0 Å². The van der Waals surface area contributed by atoms with Crippen LogP contribution in [0.25, 0.3) is 0 Å². The molecule has 2 aliphatic rings. The molecule has 0 bridgehead atoms. The van der Waals surface area contributed by atoms with Gasteiger partial charge in [0.2, 0.25) is 0 Å². The van der Waals surface area contributed by atoms with Crippen LogP contribution >= 0.6 is 0 Å². The summed E-state index contributed by atoms with van der Waals surface area (Å²) in [6, 6.07) is 0. The molecule has 2 aliphatic heterocycles. The van der Waals surface area contributed by atoms with Gasteiger partial charge in [-0.15, -0.1) is 0 Å². The maximum atomic E-state index is 5.06. The van der Waals surface area contributed by atoms with Crippen molar-refractivity contribution in [3.05, 3.63) is 23.5 Å². The summed E-state index contributed by atoms with van der Waals surface area (Å²) in [7, 11) is 0. The molecule has 0 aliphatic carbocycles. The molecule has 86 valence electrons. The third-order valence-electron chi connectivity index (χ3n) is 2.72. The summed E-state index contributed by atoms with van der Waals surface area (Å²) in [6.07, 6.45) is 6.34. The first-order chi connectivity index (χ1) is 7.24. The normalized spacial score (nSPS) is 19.2. The Labute approximate surface area is 93.0 Å². The van der Waals surface area contributed by atoms with Crippen LogP contribution in [0.1, 0.15) is 33.6 Å².